The number of fused-ring (bicyclic) bond motifs is 2. The van der Waals surface area contributed by atoms with Crippen LogP contribution in [0.1, 0.15) is 49.5 Å². The van der Waals surface area contributed by atoms with Gasteiger partial charge in [-0.05, 0) is 75.1 Å². The first-order chi connectivity index (χ1) is 20.3. The predicted molar refractivity (Wildman–Crippen MR) is 171 cm³/mol. The van der Waals surface area contributed by atoms with Crippen LogP contribution in [0.4, 0.5) is 11.4 Å². The van der Waals surface area contributed by atoms with Crippen LogP contribution >= 0.6 is 39.0 Å². The number of imide groups is 1. The molecule has 11 heteroatoms. The molecule has 0 saturated carbocycles. The number of hydrogen-bond acceptors (Lipinski definition) is 7. The van der Waals surface area contributed by atoms with Gasteiger partial charge in [-0.25, -0.2) is 4.90 Å². The van der Waals surface area contributed by atoms with Crippen LogP contribution < -0.4 is 14.7 Å². The lowest BCUT2D eigenvalue weighted by atomic mass is 9.83. The van der Waals surface area contributed by atoms with E-state index in [-0.39, 0.29) is 29.1 Å². The summed E-state index contributed by atoms with van der Waals surface area (Å²) in [5.41, 5.74) is 2.49. The molecule has 0 bridgehead atoms. The number of likely N-dealkylation sites (tertiary alicyclic amines) is 1. The molecule has 0 spiro atoms. The van der Waals surface area contributed by atoms with Crippen molar-refractivity contribution < 1.29 is 14.4 Å². The molecule has 8 nitrogen and oxygen atoms in total. The summed E-state index contributed by atoms with van der Waals surface area (Å²) < 4.78 is 2.39. The minimum atomic E-state index is -0.702. The molecule has 0 aliphatic carbocycles. The van der Waals surface area contributed by atoms with Crippen LogP contribution in [0, 0.1) is 5.92 Å². The zero-order valence-corrected chi connectivity index (χ0v) is 26.8. The fraction of sp³-hybridized carbons (Fsp3) is 0.419. The molecule has 220 valence electrons. The van der Waals surface area contributed by atoms with Crippen LogP contribution in [0.15, 0.2) is 62.8 Å². The number of aromatic nitrogens is 1. The summed E-state index contributed by atoms with van der Waals surface area (Å²) in [5, 5.41) is -0.0697. The van der Waals surface area contributed by atoms with Crippen LogP contribution in [-0.4, -0.2) is 58.6 Å². The molecular formula is C31H33BrN4O4S2. The van der Waals surface area contributed by atoms with E-state index < -0.39 is 17.1 Å². The summed E-state index contributed by atoms with van der Waals surface area (Å²) in [7, 11) is 0. The summed E-state index contributed by atoms with van der Waals surface area (Å²) in [5.74, 6) is -1.77. The maximum absolute atomic E-state index is 14.1. The average Bonchev–Trinajstić information content (AvgIpc) is 3.45. The van der Waals surface area contributed by atoms with Crippen LogP contribution in [-0.2, 0) is 20.9 Å². The highest BCUT2D eigenvalue weighted by atomic mass is 79.9. The molecule has 3 amide bonds. The first-order valence-corrected chi connectivity index (χ1v) is 17.0. The molecule has 3 atom stereocenters. The molecule has 3 aromatic rings. The highest BCUT2D eigenvalue weighted by Gasteiger charge is 2.56. The van der Waals surface area contributed by atoms with Crippen LogP contribution in [0.3, 0.4) is 0 Å². The SMILES string of the molecule is CCN(CC)c1ccc([C@@H]2c3sc(=O)n(CC(=O)N4CCCCC4)c3S[C@H]3C(=O)N(c4ccc(Br)cc4)C(=O)[C@@H]23)cc1. The van der Waals surface area contributed by atoms with E-state index in [1.807, 2.05) is 41.3 Å². The Morgan fingerprint density at radius 1 is 0.929 bits per heavy atom. The van der Waals surface area contributed by atoms with E-state index >= 15 is 0 Å². The lowest BCUT2D eigenvalue weighted by Crippen LogP contribution is -2.39. The minimum Gasteiger partial charge on any atom is -0.372 e. The zero-order valence-electron chi connectivity index (χ0n) is 23.6. The Morgan fingerprint density at radius 2 is 1.60 bits per heavy atom. The molecule has 0 unspecified atom stereocenters. The van der Waals surface area contributed by atoms with E-state index in [0.717, 1.165) is 64.3 Å². The molecule has 2 aromatic carbocycles. The van der Waals surface area contributed by atoms with Gasteiger partial charge in [0.05, 0.1) is 16.6 Å². The van der Waals surface area contributed by atoms with Gasteiger partial charge in [-0.3, -0.25) is 23.7 Å². The molecule has 4 heterocycles. The van der Waals surface area contributed by atoms with Crippen molar-refractivity contribution in [2.24, 2.45) is 5.92 Å². The Kier molecular flexibility index (Phi) is 8.35. The number of carbonyl (C=O) groups is 3. The Bertz CT molecular complexity index is 1560. The van der Waals surface area contributed by atoms with Gasteiger partial charge in [0.1, 0.15) is 11.8 Å². The lowest BCUT2D eigenvalue weighted by Gasteiger charge is -2.31. The van der Waals surface area contributed by atoms with Crippen molar-refractivity contribution in [3.05, 3.63) is 73.1 Å². The second-order valence-corrected chi connectivity index (χ2v) is 13.9. The van der Waals surface area contributed by atoms with E-state index in [4.69, 9.17) is 0 Å². The van der Waals surface area contributed by atoms with Gasteiger partial charge >= 0.3 is 4.87 Å². The fourth-order valence-electron chi connectivity index (χ4n) is 6.32. The van der Waals surface area contributed by atoms with Gasteiger partial charge in [0, 0.05) is 47.1 Å². The van der Waals surface area contributed by atoms with Gasteiger partial charge in [-0.1, -0.05) is 51.2 Å². The van der Waals surface area contributed by atoms with Gasteiger partial charge in [-0.15, -0.1) is 0 Å². The number of rotatable bonds is 7. The molecule has 3 aliphatic rings. The Hall–Kier alpha value is -2.89. The highest BCUT2D eigenvalue weighted by molar-refractivity contribution is 9.10. The summed E-state index contributed by atoms with van der Waals surface area (Å²) in [6, 6.07) is 15.3. The maximum Gasteiger partial charge on any atom is 0.308 e. The Morgan fingerprint density at radius 3 is 2.24 bits per heavy atom. The molecule has 0 N–H and O–H groups in total. The smallest absolute Gasteiger partial charge is 0.308 e. The standard InChI is InChI=1S/C31H33BrN4O4S2/c1-3-33(4-2)21-12-8-19(9-13-21)24-25-26(29(39)36(28(25)38)22-14-10-20(32)11-15-22)41-30-27(24)42-31(40)35(30)18-23(37)34-16-6-5-7-17-34/h8-15,24-26H,3-7,16-18H2,1-2H3/t24-,25-,26+/m0/s1. The van der Waals surface area contributed by atoms with Gasteiger partial charge in [0.15, 0.2) is 0 Å². The molecule has 0 radical (unpaired) electrons. The fourth-order valence-corrected chi connectivity index (χ4v) is 9.36. The number of amides is 3. The first-order valence-electron chi connectivity index (χ1n) is 14.5. The molecule has 2 saturated heterocycles. The van der Waals surface area contributed by atoms with Crippen LogP contribution in [0.2, 0.25) is 0 Å². The van der Waals surface area contributed by atoms with E-state index in [1.165, 1.54) is 21.2 Å². The quantitative estimate of drug-likeness (QED) is 0.317. The molecule has 42 heavy (non-hydrogen) atoms. The number of halogens is 1. The van der Waals surface area contributed by atoms with Crippen molar-refractivity contribution in [2.75, 3.05) is 36.0 Å². The number of thioether (sulfide) groups is 1. The second kappa shape index (κ2) is 12.0. The largest absolute Gasteiger partial charge is 0.372 e. The molecule has 3 aliphatic heterocycles. The van der Waals surface area contributed by atoms with E-state index in [2.05, 4.69) is 34.7 Å². The van der Waals surface area contributed by atoms with Crippen molar-refractivity contribution in [2.45, 2.75) is 55.8 Å². The van der Waals surface area contributed by atoms with Gasteiger partial charge in [0.25, 0.3) is 0 Å². The molecular weight excluding hydrogens is 636 g/mol. The van der Waals surface area contributed by atoms with E-state index in [9.17, 15) is 19.2 Å². The molecule has 1 aromatic heterocycles. The van der Waals surface area contributed by atoms with Crippen LogP contribution in [0.25, 0.3) is 0 Å². The summed E-state index contributed by atoms with van der Waals surface area (Å²) in [6.45, 7) is 7.31. The highest BCUT2D eigenvalue weighted by Crippen LogP contribution is 2.54. The number of hydrogen-bond donors (Lipinski definition) is 0. The number of benzene rings is 2. The summed E-state index contributed by atoms with van der Waals surface area (Å²) >= 11 is 5.79. The number of anilines is 2. The van der Waals surface area contributed by atoms with Crippen molar-refractivity contribution >= 4 is 68.1 Å². The van der Waals surface area contributed by atoms with Crippen LogP contribution in [0.5, 0.6) is 0 Å². The Labute approximate surface area is 261 Å². The zero-order chi connectivity index (χ0) is 29.5. The molecule has 6 rings (SSSR count). The van der Waals surface area contributed by atoms with Crippen molar-refractivity contribution in [3.63, 3.8) is 0 Å². The summed E-state index contributed by atoms with van der Waals surface area (Å²) in [4.78, 5) is 60.6. The normalized spacial score (nSPS) is 21.8. The van der Waals surface area contributed by atoms with Gasteiger partial charge in [0.2, 0.25) is 17.7 Å². The topological polar surface area (TPSA) is 82.9 Å². The third-order valence-electron chi connectivity index (χ3n) is 8.52. The van der Waals surface area contributed by atoms with Crippen molar-refractivity contribution in [3.8, 4) is 0 Å². The van der Waals surface area contributed by atoms with E-state index in [1.54, 1.807) is 12.1 Å². The summed E-state index contributed by atoms with van der Waals surface area (Å²) in [6.07, 6.45) is 3.04. The number of carbonyl (C=O) groups excluding carboxylic acids is 3. The maximum atomic E-state index is 14.1. The molecule has 2 fully saturated rings. The monoisotopic (exact) mass is 668 g/mol. The number of piperidine rings is 1. The van der Waals surface area contributed by atoms with Crippen molar-refractivity contribution in [1.82, 2.24) is 9.47 Å². The average molecular weight is 670 g/mol. The van der Waals surface area contributed by atoms with E-state index in [0.29, 0.717) is 23.8 Å². The van der Waals surface area contributed by atoms with Crippen molar-refractivity contribution in [1.29, 1.82) is 0 Å². The van der Waals surface area contributed by atoms with Gasteiger partial charge in [-0.2, -0.15) is 0 Å². The third kappa shape index (κ3) is 5.13. The Balaban J connectivity index is 1.43. The first kappa shape index (κ1) is 29.2. The minimum absolute atomic E-state index is 0.0543. The third-order valence-corrected chi connectivity index (χ3v) is 11.6. The number of thiazole rings is 1. The second-order valence-electron chi connectivity index (χ2n) is 10.9. The number of nitrogens with zero attached hydrogens (tertiary/aromatic N) is 4. The predicted octanol–water partition coefficient (Wildman–Crippen LogP) is 5.33. The van der Waals surface area contributed by atoms with Gasteiger partial charge < -0.3 is 9.80 Å². The lowest BCUT2D eigenvalue weighted by molar-refractivity contribution is -0.133.